The second-order valence-corrected chi connectivity index (χ2v) is 7.86. The molecule has 0 atom stereocenters. The van der Waals surface area contributed by atoms with E-state index in [0.717, 1.165) is 29.5 Å². The third-order valence-corrected chi connectivity index (χ3v) is 5.28. The first-order chi connectivity index (χ1) is 14.9. The number of aromatic nitrogens is 4. The molecule has 1 amide bonds. The van der Waals surface area contributed by atoms with Crippen LogP contribution in [0.1, 0.15) is 43.9 Å². The summed E-state index contributed by atoms with van der Waals surface area (Å²) in [5.41, 5.74) is 2.19. The number of nitrogens with zero attached hydrogens (tertiary/aromatic N) is 4. The Bertz CT molecular complexity index is 1200. The first kappa shape index (κ1) is 20.4. The zero-order valence-electron chi connectivity index (χ0n) is 17.3. The van der Waals surface area contributed by atoms with Gasteiger partial charge in [-0.15, -0.1) is 0 Å². The van der Waals surface area contributed by atoms with Gasteiger partial charge >= 0.3 is 0 Å². The number of hydrogen-bond donors (Lipinski definition) is 3. The van der Waals surface area contributed by atoms with Crippen molar-refractivity contribution in [1.82, 2.24) is 25.1 Å². The number of aromatic amines is 1. The summed E-state index contributed by atoms with van der Waals surface area (Å²) in [5, 5.41) is 15.1. The van der Waals surface area contributed by atoms with Crippen molar-refractivity contribution in [2.24, 2.45) is 4.99 Å². The molecule has 1 fully saturated rings. The minimum absolute atomic E-state index is 0.206. The molecule has 4 rings (SSSR count). The minimum atomic E-state index is -0.530. The number of aliphatic imine (C=N–C) groups is 1. The fourth-order valence-electron chi connectivity index (χ4n) is 3.31. The van der Waals surface area contributed by atoms with E-state index in [2.05, 4.69) is 25.4 Å². The standard InChI is InChI=1S/C22H23N7O2/c1-14(2)29-12-15(10-27-29)9-25-19(23)21(31)28-22(7-8-22)17-5-3-16(4-6-17)18-11-24-13-26-20(18)30/h3-6,9-14,23H,7-8H2,1-2H3,(H,28,31)(H,24,26,30). The second kappa shape index (κ2) is 8.10. The SMILES string of the molecule is CC(C)n1cc(C=NC(=N)C(=O)NC2(c3ccc(-c4cnc[nH]c4=O)cc3)CC2)cn1. The first-order valence-corrected chi connectivity index (χ1v) is 10.0. The number of hydrogen-bond acceptors (Lipinski definition) is 5. The summed E-state index contributed by atoms with van der Waals surface area (Å²) in [6.45, 7) is 4.03. The van der Waals surface area contributed by atoms with Crippen LogP contribution in [-0.2, 0) is 10.3 Å². The normalized spacial score (nSPS) is 14.7. The summed E-state index contributed by atoms with van der Waals surface area (Å²) in [6, 6.07) is 7.68. The molecule has 1 saturated carbocycles. The van der Waals surface area contributed by atoms with Gasteiger partial charge in [-0.2, -0.15) is 5.10 Å². The van der Waals surface area contributed by atoms with Crippen LogP contribution in [0.15, 0.2) is 59.0 Å². The van der Waals surface area contributed by atoms with E-state index in [1.54, 1.807) is 10.9 Å². The summed E-state index contributed by atoms with van der Waals surface area (Å²) >= 11 is 0. The van der Waals surface area contributed by atoms with Crippen molar-refractivity contribution in [3.63, 3.8) is 0 Å². The molecular formula is C22H23N7O2. The van der Waals surface area contributed by atoms with Crippen molar-refractivity contribution in [3.8, 4) is 11.1 Å². The van der Waals surface area contributed by atoms with Crippen molar-refractivity contribution in [2.45, 2.75) is 38.3 Å². The van der Waals surface area contributed by atoms with Crippen LogP contribution in [0, 0.1) is 5.41 Å². The van der Waals surface area contributed by atoms with Gasteiger partial charge < -0.3 is 10.3 Å². The van der Waals surface area contributed by atoms with Crippen molar-refractivity contribution >= 4 is 18.0 Å². The van der Waals surface area contributed by atoms with Gasteiger partial charge in [0.1, 0.15) is 0 Å². The van der Waals surface area contributed by atoms with Crippen LogP contribution in [0.4, 0.5) is 0 Å². The van der Waals surface area contributed by atoms with E-state index in [1.807, 2.05) is 44.3 Å². The first-order valence-electron chi connectivity index (χ1n) is 10.0. The van der Waals surface area contributed by atoms with Crippen LogP contribution < -0.4 is 10.9 Å². The molecule has 9 nitrogen and oxygen atoms in total. The molecule has 3 aromatic rings. The van der Waals surface area contributed by atoms with E-state index < -0.39 is 11.4 Å². The molecule has 0 radical (unpaired) electrons. The van der Waals surface area contributed by atoms with Crippen LogP contribution in [0.25, 0.3) is 11.1 Å². The summed E-state index contributed by atoms with van der Waals surface area (Å²) in [4.78, 5) is 35.0. The van der Waals surface area contributed by atoms with Gasteiger partial charge in [0.15, 0.2) is 0 Å². The number of benzene rings is 1. The summed E-state index contributed by atoms with van der Waals surface area (Å²) in [5.74, 6) is -0.889. The topological polar surface area (TPSA) is 129 Å². The Labute approximate surface area is 178 Å². The van der Waals surface area contributed by atoms with Crippen LogP contribution in [0.3, 0.4) is 0 Å². The molecule has 0 aliphatic heterocycles. The average molecular weight is 417 g/mol. The molecule has 0 spiro atoms. The highest BCUT2D eigenvalue weighted by Crippen LogP contribution is 2.45. The molecule has 0 unspecified atom stereocenters. The minimum Gasteiger partial charge on any atom is -0.340 e. The summed E-state index contributed by atoms with van der Waals surface area (Å²) < 4.78 is 1.78. The average Bonchev–Trinajstić information content (AvgIpc) is 3.38. The van der Waals surface area contributed by atoms with Gasteiger partial charge in [0.05, 0.1) is 23.6 Å². The van der Waals surface area contributed by atoms with Crippen molar-refractivity contribution in [3.05, 3.63) is 70.7 Å². The molecular weight excluding hydrogens is 394 g/mol. The smallest absolute Gasteiger partial charge is 0.289 e. The Kier molecular flexibility index (Phi) is 5.33. The molecule has 3 N–H and O–H groups in total. The lowest BCUT2D eigenvalue weighted by Crippen LogP contribution is -2.38. The number of amides is 1. The lowest BCUT2D eigenvalue weighted by molar-refractivity contribution is -0.115. The lowest BCUT2D eigenvalue weighted by Gasteiger charge is -2.17. The van der Waals surface area contributed by atoms with Crippen LogP contribution in [-0.4, -0.2) is 37.7 Å². The third kappa shape index (κ3) is 4.35. The van der Waals surface area contributed by atoms with E-state index in [0.29, 0.717) is 5.56 Å². The number of rotatable bonds is 5. The molecule has 9 heteroatoms. The van der Waals surface area contributed by atoms with E-state index in [1.165, 1.54) is 18.7 Å². The Morgan fingerprint density at radius 2 is 2.03 bits per heavy atom. The van der Waals surface area contributed by atoms with E-state index in [9.17, 15) is 9.59 Å². The van der Waals surface area contributed by atoms with Gasteiger partial charge in [0.2, 0.25) is 5.84 Å². The van der Waals surface area contributed by atoms with Crippen LogP contribution >= 0.6 is 0 Å². The van der Waals surface area contributed by atoms with Gasteiger partial charge in [-0.05, 0) is 37.8 Å². The maximum atomic E-state index is 12.5. The van der Waals surface area contributed by atoms with Gasteiger partial charge in [0.25, 0.3) is 11.5 Å². The van der Waals surface area contributed by atoms with Crippen molar-refractivity contribution < 1.29 is 4.79 Å². The lowest BCUT2D eigenvalue weighted by atomic mass is 10.0. The maximum Gasteiger partial charge on any atom is 0.289 e. The highest BCUT2D eigenvalue weighted by molar-refractivity contribution is 6.38. The predicted molar refractivity (Wildman–Crippen MR) is 117 cm³/mol. The molecule has 2 heterocycles. The number of nitrogens with one attached hydrogen (secondary N) is 3. The van der Waals surface area contributed by atoms with E-state index in [-0.39, 0.29) is 17.4 Å². The summed E-state index contributed by atoms with van der Waals surface area (Å²) in [6.07, 6.45) is 9.36. The molecule has 2 aromatic heterocycles. The number of H-pyrrole nitrogens is 1. The molecule has 1 aliphatic rings. The number of carbonyl (C=O) groups excluding carboxylic acids is 1. The fraction of sp³-hybridized carbons (Fsp3) is 0.273. The maximum absolute atomic E-state index is 12.5. The highest BCUT2D eigenvalue weighted by Gasteiger charge is 2.46. The Morgan fingerprint density at radius 3 is 2.65 bits per heavy atom. The largest absolute Gasteiger partial charge is 0.340 e. The number of amidine groups is 1. The number of carbonyl (C=O) groups is 1. The molecule has 1 aliphatic carbocycles. The Morgan fingerprint density at radius 1 is 1.29 bits per heavy atom. The molecule has 1 aromatic carbocycles. The van der Waals surface area contributed by atoms with Crippen LogP contribution in [0.5, 0.6) is 0 Å². The van der Waals surface area contributed by atoms with Gasteiger partial charge in [-0.25, -0.2) is 9.98 Å². The van der Waals surface area contributed by atoms with Gasteiger partial charge in [-0.1, -0.05) is 24.3 Å². The van der Waals surface area contributed by atoms with Gasteiger partial charge in [-0.3, -0.25) is 19.7 Å². The highest BCUT2D eigenvalue weighted by atomic mass is 16.2. The third-order valence-electron chi connectivity index (χ3n) is 5.28. The fourth-order valence-corrected chi connectivity index (χ4v) is 3.31. The van der Waals surface area contributed by atoms with E-state index in [4.69, 9.17) is 5.41 Å². The van der Waals surface area contributed by atoms with Gasteiger partial charge in [0, 0.05) is 30.2 Å². The zero-order chi connectivity index (χ0) is 22.0. The molecule has 158 valence electrons. The van der Waals surface area contributed by atoms with Crippen LogP contribution in [0.2, 0.25) is 0 Å². The van der Waals surface area contributed by atoms with Crippen molar-refractivity contribution in [2.75, 3.05) is 0 Å². The molecule has 0 saturated heterocycles. The molecule has 31 heavy (non-hydrogen) atoms. The second-order valence-electron chi connectivity index (χ2n) is 7.86. The zero-order valence-corrected chi connectivity index (χ0v) is 17.3. The van der Waals surface area contributed by atoms with Crippen molar-refractivity contribution in [1.29, 1.82) is 5.41 Å². The monoisotopic (exact) mass is 417 g/mol. The Balaban J connectivity index is 1.43. The predicted octanol–water partition coefficient (Wildman–Crippen LogP) is 2.42. The quantitative estimate of drug-likeness (QED) is 0.435. The molecule has 0 bridgehead atoms. The van der Waals surface area contributed by atoms with E-state index >= 15 is 0 Å². The Hall–Kier alpha value is -3.88. The summed E-state index contributed by atoms with van der Waals surface area (Å²) in [7, 11) is 0.